The zero-order chi connectivity index (χ0) is 26.0. The number of amides is 2. The Hall–Kier alpha value is -3.11. The van der Waals surface area contributed by atoms with E-state index in [0.29, 0.717) is 31.9 Å². The predicted molar refractivity (Wildman–Crippen MR) is 138 cm³/mol. The molecule has 0 radical (unpaired) electrons. The minimum atomic E-state index is -4.21. The number of ether oxygens (including phenoxy) is 1. The molecule has 0 saturated carbocycles. The van der Waals surface area contributed by atoms with E-state index in [2.05, 4.69) is 33.7 Å². The molecule has 3 aliphatic heterocycles. The van der Waals surface area contributed by atoms with Crippen LogP contribution < -0.4 is 15.5 Å². The van der Waals surface area contributed by atoms with E-state index in [4.69, 9.17) is 9.72 Å². The van der Waals surface area contributed by atoms with Crippen LogP contribution in [0.5, 0.6) is 0 Å². The molecule has 2 aromatic rings. The average Bonchev–Trinajstić information content (AvgIpc) is 3.57. The maximum absolute atomic E-state index is 12.8. The minimum absolute atomic E-state index is 0.115. The summed E-state index contributed by atoms with van der Waals surface area (Å²) in [7, 11) is 0. The van der Waals surface area contributed by atoms with E-state index >= 15 is 0 Å². The molecule has 5 rings (SSSR count). The topological polar surface area (TPSA) is 69.7 Å². The quantitative estimate of drug-likeness (QED) is 0.605. The fourth-order valence-corrected chi connectivity index (χ4v) is 5.18. The summed E-state index contributed by atoms with van der Waals surface area (Å²) >= 11 is 0. The van der Waals surface area contributed by atoms with Gasteiger partial charge in [0.15, 0.2) is 0 Å². The molecular weight excluding hydrogens is 483 g/mol. The Kier molecular flexibility index (Phi) is 7.39. The van der Waals surface area contributed by atoms with Gasteiger partial charge in [-0.2, -0.15) is 13.2 Å². The summed E-state index contributed by atoms with van der Waals surface area (Å²) in [6, 6.07) is 9.50. The molecule has 0 bridgehead atoms. The van der Waals surface area contributed by atoms with Crippen LogP contribution in [0, 0.1) is 12.8 Å². The first kappa shape index (κ1) is 25.5. The fraction of sp³-hybridized carbons (Fsp3) is 0.481. The summed E-state index contributed by atoms with van der Waals surface area (Å²) in [5.41, 5.74) is 5.70. The standard InChI is InChI=1S/C27H32F3N5O2/c1-18-2-3-22(32-26(36)35-7-5-19(17-35)15-27(28,29)30)14-23(18)21-12-24(20-4-6-31-16-20)33-25(13-21)34-8-10-37-11-9-34/h2-4,12-14,19,31H,5-11,15-17H2,1H3,(H,32,36). The molecule has 1 aromatic heterocycles. The number of halogens is 3. The van der Waals surface area contributed by atoms with Crippen molar-refractivity contribution < 1.29 is 22.7 Å². The summed E-state index contributed by atoms with van der Waals surface area (Å²) in [6.45, 7) is 6.90. The molecule has 2 N–H and O–H groups in total. The van der Waals surface area contributed by atoms with Crippen molar-refractivity contribution in [1.29, 1.82) is 0 Å². The third kappa shape index (κ3) is 6.24. The summed E-state index contributed by atoms with van der Waals surface area (Å²) < 4.78 is 43.8. The van der Waals surface area contributed by atoms with E-state index in [-0.39, 0.29) is 12.6 Å². The van der Waals surface area contributed by atoms with Gasteiger partial charge in [-0.3, -0.25) is 0 Å². The van der Waals surface area contributed by atoms with Gasteiger partial charge in [0, 0.05) is 51.4 Å². The van der Waals surface area contributed by atoms with Crippen molar-refractivity contribution in [2.75, 3.05) is 62.7 Å². The normalized spacial score (nSPS) is 20.3. The van der Waals surface area contributed by atoms with Gasteiger partial charge in [0.1, 0.15) is 5.82 Å². The van der Waals surface area contributed by atoms with E-state index < -0.39 is 18.5 Å². The van der Waals surface area contributed by atoms with Gasteiger partial charge in [-0.15, -0.1) is 0 Å². The Balaban J connectivity index is 1.38. The van der Waals surface area contributed by atoms with Crippen molar-refractivity contribution in [2.24, 2.45) is 5.92 Å². The SMILES string of the molecule is Cc1ccc(NC(=O)N2CCC(CC(F)(F)F)C2)cc1-c1cc(C2=CCNC2)nc(N2CCOCC2)c1. The Labute approximate surface area is 214 Å². The van der Waals surface area contributed by atoms with Crippen molar-refractivity contribution in [1.82, 2.24) is 15.2 Å². The van der Waals surface area contributed by atoms with E-state index in [1.807, 2.05) is 25.1 Å². The number of anilines is 2. The largest absolute Gasteiger partial charge is 0.389 e. The smallest absolute Gasteiger partial charge is 0.378 e. The Morgan fingerprint density at radius 1 is 1.19 bits per heavy atom. The van der Waals surface area contributed by atoms with Crippen LogP contribution in [-0.4, -0.2) is 74.6 Å². The number of benzene rings is 1. The highest BCUT2D eigenvalue weighted by atomic mass is 19.4. The molecule has 2 amide bonds. The van der Waals surface area contributed by atoms with Crippen LogP contribution in [0.4, 0.5) is 29.5 Å². The molecule has 0 spiro atoms. The third-order valence-corrected chi connectivity index (χ3v) is 7.18. The number of aryl methyl sites for hydroxylation is 1. The second kappa shape index (κ2) is 10.7. The highest BCUT2D eigenvalue weighted by Gasteiger charge is 2.36. The van der Waals surface area contributed by atoms with E-state index in [0.717, 1.165) is 60.0 Å². The van der Waals surface area contributed by atoms with Crippen LogP contribution in [-0.2, 0) is 4.74 Å². The van der Waals surface area contributed by atoms with Crippen LogP contribution in [0.3, 0.4) is 0 Å². The first-order valence-electron chi connectivity index (χ1n) is 12.7. The zero-order valence-electron chi connectivity index (χ0n) is 20.9. The van der Waals surface area contributed by atoms with Crippen LogP contribution in [0.25, 0.3) is 16.7 Å². The molecule has 1 unspecified atom stereocenters. The molecule has 1 atom stereocenters. The lowest BCUT2D eigenvalue weighted by molar-refractivity contribution is -0.143. The molecule has 10 heteroatoms. The maximum atomic E-state index is 12.8. The summed E-state index contributed by atoms with van der Waals surface area (Å²) in [5.74, 6) is 0.345. The van der Waals surface area contributed by atoms with Crippen LogP contribution in [0.15, 0.2) is 36.4 Å². The van der Waals surface area contributed by atoms with E-state index in [9.17, 15) is 18.0 Å². The first-order chi connectivity index (χ1) is 17.7. The number of carbonyl (C=O) groups is 1. The second-order valence-corrected chi connectivity index (χ2v) is 9.94. The number of nitrogens with zero attached hydrogens (tertiary/aromatic N) is 3. The van der Waals surface area contributed by atoms with Crippen molar-refractivity contribution in [3.8, 4) is 11.1 Å². The van der Waals surface area contributed by atoms with Crippen LogP contribution in [0.2, 0.25) is 0 Å². The molecule has 0 aliphatic carbocycles. The van der Waals surface area contributed by atoms with Crippen molar-refractivity contribution in [3.63, 3.8) is 0 Å². The summed E-state index contributed by atoms with van der Waals surface area (Å²) in [6.07, 6.45) is -2.55. The van der Waals surface area contributed by atoms with Crippen molar-refractivity contribution in [3.05, 3.63) is 47.7 Å². The number of hydrogen-bond acceptors (Lipinski definition) is 5. The first-order valence-corrected chi connectivity index (χ1v) is 12.7. The number of likely N-dealkylation sites (tertiary alicyclic amines) is 1. The Bertz CT molecular complexity index is 1180. The molecular formula is C27H32F3N5O2. The number of pyridine rings is 1. The zero-order valence-corrected chi connectivity index (χ0v) is 20.9. The molecule has 2 fully saturated rings. The molecule has 198 valence electrons. The molecule has 4 heterocycles. The van der Waals surface area contributed by atoms with Crippen LogP contribution >= 0.6 is 0 Å². The van der Waals surface area contributed by atoms with Crippen molar-refractivity contribution >= 4 is 23.1 Å². The van der Waals surface area contributed by atoms with Gasteiger partial charge in [-0.05, 0) is 65.8 Å². The van der Waals surface area contributed by atoms with Gasteiger partial charge in [-0.1, -0.05) is 12.1 Å². The molecule has 3 aliphatic rings. The monoisotopic (exact) mass is 515 g/mol. The number of alkyl halides is 3. The van der Waals surface area contributed by atoms with Gasteiger partial charge < -0.3 is 25.2 Å². The Morgan fingerprint density at radius 2 is 2.00 bits per heavy atom. The number of aromatic nitrogens is 1. The third-order valence-electron chi connectivity index (χ3n) is 7.18. The summed E-state index contributed by atoms with van der Waals surface area (Å²) in [4.78, 5) is 21.5. The lowest BCUT2D eigenvalue weighted by Gasteiger charge is -2.28. The average molecular weight is 516 g/mol. The number of rotatable bonds is 5. The number of nitrogens with one attached hydrogen (secondary N) is 2. The molecule has 2 saturated heterocycles. The minimum Gasteiger partial charge on any atom is -0.378 e. The van der Waals surface area contributed by atoms with Gasteiger partial charge in [-0.25, -0.2) is 9.78 Å². The number of carbonyl (C=O) groups excluding carboxylic acids is 1. The number of morpholine rings is 1. The lowest BCUT2D eigenvalue weighted by Crippen LogP contribution is -2.36. The highest BCUT2D eigenvalue weighted by molar-refractivity contribution is 5.91. The van der Waals surface area contributed by atoms with Gasteiger partial charge in [0.2, 0.25) is 0 Å². The van der Waals surface area contributed by atoms with Gasteiger partial charge >= 0.3 is 12.2 Å². The van der Waals surface area contributed by atoms with E-state index in [1.54, 1.807) is 0 Å². The highest BCUT2D eigenvalue weighted by Crippen LogP contribution is 2.33. The Morgan fingerprint density at radius 3 is 2.73 bits per heavy atom. The lowest BCUT2D eigenvalue weighted by atomic mass is 9.98. The summed E-state index contributed by atoms with van der Waals surface area (Å²) in [5, 5.41) is 6.23. The van der Waals surface area contributed by atoms with E-state index in [1.165, 1.54) is 4.90 Å². The second-order valence-electron chi connectivity index (χ2n) is 9.94. The number of urea groups is 1. The predicted octanol–water partition coefficient (Wildman–Crippen LogP) is 4.69. The van der Waals surface area contributed by atoms with Gasteiger partial charge in [0.25, 0.3) is 0 Å². The molecule has 37 heavy (non-hydrogen) atoms. The molecule has 1 aromatic carbocycles. The van der Waals surface area contributed by atoms with Crippen molar-refractivity contribution in [2.45, 2.75) is 25.9 Å². The van der Waals surface area contributed by atoms with Gasteiger partial charge in [0.05, 0.1) is 18.9 Å². The number of hydrogen-bond donors (Lipinski definition) is 2. The van der Waals surface area contributed by atoms with Crippen LogP contribution in [0.1, 0.15) is 24.1 Å². The maximum Gasteiger partial charge on any atom is 0.389 e. The molecule has 7 nitrogen and oxygen atoms in total. The fourth-order valence-electron chi connectivity index (χ4n) is 5.18.